The molecule has 3 saturated heterocycles. The van der Waals surface area contributed by atoms with E-state index in [1.54, 1.807) is 28.7 Å². The molecule has 66 heavy (non-hydrogen) atoms. The zero-order valence-corrected chi connectivity index (χ0v) is 40.5. The van der Waals surface area contributed by atoms with Gasteiger partial charge in [-0.05, 0) is 68.3 Å². The van der Waals surface area contributed by atoms with Crippen molar-refractivity contribution in [1.29, 1.82) is 0 Å². The summed E-state index contributed by atoms with van der Waals surface area (Å²) in [5.74, 6) is -3.68. The first-order valence-electron chi connectivity index (χ1n) is 24.3. The fourth-order valence-corrected chi connectivity index (χ4v) is 10.6. The van der Waals surface area contributed by atoms with Gasteiger partial charge in [-0.25, -0.2) is 4.79 Å². The van der Waals surface area contributed by atoms with Crippen LogP contribution in [-0.2, 0) is 49.5 Å². The van der Waals surface area contributed by atoms with Gasteiger partial charge in [-0.15, -0.1) is 0 Å². The predicted octanol–water partition coefficient (Wildman–Crippen LogP) is 2.89. The molecule has 6 amide bonds. The number of rotatable bonds is 26. The number of nitrogens with one attached hydrogen (secondary N) is 4. The Morgan fingerprint density at radius 2 is 1.62 bits per heavy atom. The number of carbonyl (C=O) groups excluding carboxylic acids is 6. The quantitative estimate of drug-likeness (QED) is 0.0671. The Hall–Kier alpha value is -4.61. The van der Waals surface area contributed by atoms with Gasteiger partial charge in [0.1, 0.15) is 18.1 Å². The van der Waals surface area contributed by atoms with Crippen LogP contribution in [0.2, 0.25) is 0 Å². The summed E-state index contributed by atoms with van der Waals surface area (Å²) in [5.41, 5.74) is 0.773. The molecular formula is C49H77N7O10. The van der Waals surface area contributed by atoms with Crippen molar-refractivity contribution < 1.29 is 48.1 Å². The van der Waals surface area contributed by atoms with Crippen LogP contribution in [-0.4, -0.2) is 157 Å². The molecule has 1 aromatic carbocycles. The van der Waals surface area contributed by atoms with E-state index in [-0.39, 0.29) is 72.2 Å². The minimum atomic E-state index is -1.15. The lowest BCUT2D eigenvalue weighted by atomic mass is 9.89. The van der Waals surface area contributed by atoms with E-state index in [9.17, 15) is 38.7 Å². The summed E-state index contributed by atoms with van der Waals surface area (Å²) in [6, 6.07) is 5.29. The van der Waals surface area contributed by atoms with Crippen molar-refractivity contribution in [2.75, 3.05) is 40.9 Å². The Kier molecular flexibility index (Phi) is 19.4. The number of amides is 6. The van der Waals surface area contributed by atoms with Crippen LogP contribution in [0.25, 0.3) is 0 Å². The highest BCUT2D eigenvalue weighted by Gasteiger charge is 2.52. The molecule has 0 radical (unpaired) electrons. The third-order valence-corrected chi connectivity index (χ3v) is 14.6. The van der Waals surface area contributed by atoms with Crippen LogP contribution in [0, 0.1) is 23.7 Å². The van der Waals surface area contributed by atoms with Crippen LogP contribution in [0.3, 0.4) is 0 Å². The number of methoxy groups -OCH3 is 2. The monoisotopic (exact) mass is 924 g/mol. The molecule has 4 fully saturated rings. The molecule has 17 heteroatoms. The molecule has 12 atom stereocenters. The van der Waals surface area contributed by atoms with Crippen LogP contribution >= 0.6 is 0 Å². The number of hydrogen-bond acceptors (Lipinski definition) is 10. The Labute approximate surface area is 391 Å². The fourth-order valence-electron chi connectivity index (χ4n) is 10.6. The second kappa shape index (κ2) is 24.4. The number of carboxylic acids is 1. The van der Waals surface area contributed by atoms with E-state index in [4.69, 9.17) is 9.47 Å². The maximum Gasteiger partial charge on any atom is 0.326 e. The zero-order chi connectivity index (χ0) is 48.2. The highest BCUT2D eigenvalue weighted by Crippen LogP contribution is 2.43. The van der Waals surface area contributed by atoms with Gasteiger partial charge in [0.05, 0.1) is 42.7 Å². The number of unbranched alkanes of at least 4 members (excludes halogenated alkanes) is 2. The molecule has 5 rings (SSSR count). The van der Waals surface area contributed by atoms with Gasteiger partial charge in [0, 0.05) is 59.8 Å². The van der Waals surface area contributed by atoms with E-state index in [1.165, 1.54) is 14.2 Å². The Morgan fingerprint density at radius 3 is 2.24 bits per heavy atom. The molecule has 368 valence electrons. The van der Waals surface area contributed by atoms with Gasteiger partial charge >= 0.3 is 5.97 Å². The number of carbonyl (C=O) groups is 7. The van der Waals surface area contributed by atoms with E-state index in [0.717, 1.165) is 37.7 Å². The smallest absolute Gasteiger partial charge is 0.326 e. The fraction of sp³-hybridized carbons (Fsp3) is 0.735. The van der Waals surface area contributed by atoms with Gasteiger partial charge in [-0.3, -0.25) is 28.8 Å². The number of likely N-dealkylation sites (tertiary alicyclic amines) is 2. The SMILES string of the molecule is CCC(C)C(C(CC(=O)N1CCC[C@H]1C(OC)C(C)C(=O)NC(Cc1ccccc1)C(=O)O)OC)N(C)C(=O)C(NC(=O)[C@@H]1[C@H]2CC[C@H](C2)N1C(=O)CCCCCNC(=O)[C@@H]1CN1)C(C)C. The number of nitrogens with zero attached hydrogens (tertiary/aromatic N) is 3. The number of hydrogen-bond donors (Lipinski definition) is 5. The number of benzene rings is 1. The average molecular weight is 924 g/mol. The number of carboxylic acid groups (broad SMARTS) is 1. The summed E-state index contributed by atoms with van der Waals surface area (Å²) in [5, 5.41) is 21.6. The first-order valence-corrected chi connectivity index (χ1v) is 24.3. The van der Waals surface area contributed by atoms with Gasteiger partial charge in [0.15, 0.2) is 0 Å². The second-order valence-corrected chi connectivity index (χ2v) is 19.4. The summed E-state index contributed by atoms with van der Waals surface area (Å²) in [6.07, 6.45) is 5.55. The first-order chi connectivity index (χ1) is 31.5. The van der Waals surface area contributed by atoms with E-state index >= 15 is 0 Å². The highest BCUT2D eigenvalue weighted by molar-refractivity contribution is 5.93. The molecule has 4 aliphatic rings. The zero-order valence-electron chi connectivity index (χ0n) is 40.5. The van der Waals surface area contributed by atoms with Crippen molar-refractivity contribution in [3.63, 3.8) is 0 Å². The van der Waals surface area contributed by atoms with E-state index in [0.29, 0.717) is 51.7 Å². The normalized spacial score (nSPS) is 24.2. The number of ether oxygens (including phenoxy) is 2. The molecule has 5 N–H and O–H groups in total. The number of likely N-dealkylation sites (N-methyl/N-ethyl adjacent to an activating group) is 1. The molecule has 0 aromatic heterocycles. The van der Waals surface area contributed by atoms with Crippen molar-refractivity contribution in [2.24, 2.45) is 23.7 Å². The molecule has 1 aromatic rings. The number of fused-ring (bicyclic) bond motifs is 2. The summed E-state index contributed by atoms with van der Waals surface area (Å²) in [7, 11) is 4.71. The van der Waals surface area contributed by atoms with Crippen molar-refractivity contribution in [3.05, 3.63) is 35.9 Å². The van der Waals surface area contributed by atoms with Crippen molar-refractivity contribution in [3.8, 4) is 0 Å². The standard InChI is InChI=1S/C49H77N7O10/c1-9-30(4)42(38(65-7)27-40(58)55-24-16-19-37(55)44(66-8)31(5)45(59)52-35(49(63)64)25-32-17-12-10-13-18-32)54(6)48(62)41(29(2)3)53-47(61)43-33-21-22-34(26-33)56(43)39(57)20-14-11-15-23-50-46(60)36-28-51-36/h10,12-13,17-18,29-31,33-38,41-44,51H,9,11,14-16,19-28H2,1-8H3,(H,50,60)(H,52,59)(H,53,61)(H,63,64)/t30?,31?,33-,34+,35?,36-,37-,38?,41?,42?,43-,44?/m0/s1. The summed E-state index contributed by atoms with van der Waals surface area (Å²) >= 11 is 0. The minimum absolute atomic E-state index is 0.00167. The maximum absolute atomic E-state index is 14.6. The van der Waals surface area contributed by atoms with Crippen molar-refractivity contribution in [2.45, 2.75) is 166 Å². The lowest BCUT2D eigenvalue weighted by Crippen LogP contribution is -2.60. The van der Waals surface area contributed by atoms with Crippen LogP contribution in [0.1, 0.15) is 111 Å². The van der Waals surface area contributed by atoms with E-state index in [2.05, 4.69) is 21.3 Å². The summed E-state index contributed by atoms with van der Waals surface area (Å²) in [4.78, 5) is 99.8. The van der Waals surface area contributed by atoms with Crippen molar-refractivity contribution >= 4 is 41.4 Å². The topological polar surface area (TPSA) is 226 Å². The van der Waals surface area contributed by atoms with Crippen LogP contribution in [0.4, 0.5) is 0 Å². The Balaban J connectivity index is 1.22. The molecule has 3 aliphatic heterocycles. The third-order valence-electron chi connectivity index (χ3n) is 14.6. The van der Waals surface area contributed by atoms with Crippen LogP contribution in [0.15, 0.2) is 30.3 Å². The molecule has 7 unspecified atom stereocenters. The molecule has 0 spiro atoms. The summed E-state index contributed by atoms with van der Waals surface area (Å²) < 4.78 is 12.0. The molecule has 1 saturated carbocycles. The lowest BCUT2D eigenvalue weighted by Gasteiger charge is -2.41. The third kappa shape index (κ3) is 13.1. The molecule has 1 aliphatic carbocycles. The largest absolute Gasteiger partial charge is 0.480 e. The first kappa shape index (κ1) is 52.4. The average Bonchev–Trinajstić information content (AvgIpc) is 3.67. The maximum atomic E-state index is 14.6. The molecule has 3 heterocycles. The van der Waals surface area contributed by atoms with E-state index < -0.39 is 60.2 Å². The lowest BCUT2D eigenvalue weighted by molar-refractivity contribution is -0.149. The Morgan fingerprint density at radius 1 is 0.909 bits per heavy atom. The predicted molar refractivity (Wildman–Crippen MR) is 248 cm³/mol. The highest BCUT2D eigenvalue weighted by atomic mass is 16.5. The van der Waals surface area contributed by atoms with Gasteiger partial charge < -0.3 is 50.5 Å². The van der Waals surface area contributed by atoms with Crippen LogP contribution in [0.5, 0.6) is 0 Å². The van der Waals surface area contributed by atoms with Gasteiger partial charge in [-0.1, -0.05) is 77.8 Å². The number of aliphatic carboxylic acids is 1. The van der Waals surface area contributed by atoms with Gasteiger partial charge in [0.2, 0.25) is 35.4 Å². The number of piperidine rings is 1. The van der Waals surface area contributed by atoms with E-state index in [1.807, 2.05) is 58.0 Å². The van der Waals surface area contributed by atoms with Crippen LogP contribution < -0.4 is 21.3 Å². The van der Waals surface area contributed by atoms with Crippen molar-refractivity contribution in [1.82, 2.24) is 36.0 Å². The molecule has 2 bridgehead atoms. The minimum Gasteiger partial charge on any atom is -0.480 e. The molecular weight excluding hydrogens is 847 g/mol. The second-order valence-electron chi connectivity index (χ2n) is 19.4. The summed E-state index contributed by atoms with van der Waals surface area (Å²) in [6.45, 7) is 11.2. The molecule has 17 nitrogen and oxygen atoms in total. The van der Waals surface area contributed by atoms with Gasteiger partial charge in [0.25, 0.3) is 0 Å². The van der Waals surface area contributed by atoms with Gasteiger partial charge in [-0.2, -0.15) is 0 Å². The Bertz CT molecular complexity index is 1830.